The summed E-state index contributed by atoms with van der Waals surface area (Å²) < 4.78 is 4.10. The van der Waals surface area contributed by atoms with Crippen molar-refractivity contribution < 1.29 is 4.57 Å². The van der Waals surface area contributed by atoms with Crippen molar-refractivity contribution in [1.82, 2.24) is 9.55 Å². The molecule has 0 spiro atoms. The van der Waals surface area contributed by atoms with Crippen LogP contribution in [-0.2, 0) is 14.1 Å². The Balaban J connectivity index is 2.87. The quantitative estimate of drug-likeness (QED) is 0.523. The van der Waals surface area contributed by atoms with E-state index < -0.39 is 0 Å². The van der Waals surface area contributed by atoms with Gasteiger partial charge in [-0.25, -0.2) is 9.55 Å². The van der Waals surface area contributed by atoms with Crippen molar-refractivity contribution >= 4 is 11.0 Å². The maximum Gasteiger partial charge on any atom is 0.196 e. The predicted molar refractivity (Wildman–Crippen MR) is 46.6 cm³/mol. The van der Waals surface area contributed by atoms with Crippen LogP contribution in [0.25, 0.3) is 11.0 Å². The molecule has 2 heterocycles. The van der Waals surface area contributed by atoms with E-state index in [-0.39, 0.29) is 0 Å². The van der Waals surface area contributed by atoms with Crippen LogP contribution >= 0.6 is 0 Å². The Morgan fingerprint density at radius 2 is 2.25 bits per heavy atom. The summed E-state index contributed by atoms with van der Waals surface area (Å²) in [4.78, 5) is 4.42. The van der Waals surface area contributed by atoms with E-state index in [0.717, 1.165) is 11.3 Å². The second kappa shape index (κ2) is 2.30. The molecule has 0 unspecified atom stereocenters. The van der Waals surface area contributed by atoms with Gasteiger partial charge in [-0.1, -0.05) is 0 Å². The Morgan fingerprint density at radius 1 is 1.50 bits per heavy atom. The molecule has 0 aromatic carbocycles. The average molecular weight is 162 g/mol. The zero-order valence-electron chi connectivity index (χ0n) is 7.57. The second-order valence-electron chi connectivity index (χ2n) is 3.10. The molecule has 0 aliphatic heterocycles. The molecule has 2 aromatic rings. The van der Waals surface area contributed by atoms with Crippen LogP contribution in [0.4, 0.5) is 0 Å². The third kappa shape index (κ3) is 0.897. The van der Waals surface area contributed by atoms with E-state index in [9.17, 15) is 0 Å². The number of hydrogen-bond donors (Lipinski definition) is 0. The fourth-order valence-corrected chi connectivity index (χ4v) is 1.37. The van der Waals surface area contributed by atoms with Crippen molar-refractivity contribution in [3.8, 4) is 0 Å². The molecule has 0 amide bonds. The van der Waals surface area contributed by atoms with Crippen molar-refractivity contribution in [3.05, 3.63) is 24.3 Å². The molecule has 3 heteroatoms. The Morgan fingerprint density at radius 3 is 3.00 bits per heavy atom. The molecule has 0 bridgehead atoms. The SMILES string of the molecule is Cc1nc2c[n+](C)ccc2n1C. The van der Waals surface area contributed by atoms with Crippen molar-refractivity contribution in [2.24, 2.45) is 14.1 Å². The molecular formula is C9H12N3+. The first kappa shape index (κ1) is 7.28. The minimum Gasteiger partial charge on any atom is -0.331 e. The van der Waals surface area contributed by atoms with Crippen LogP contribution in [0.5, 0.6) is 0 Å². The number of imidazole rings is 1. The maximum absolute atomic E-state index is 4.42. The summed E-state index contributed by atoms with van der Waals surface area (Å²) in [6, 6.07) is 2.08. The molecular weight excluding hydrogens is 150 g/mol. The van der Waals surface area contributed by atoms with Crippen LogP contribution in [0.1, 0.15) is 5.82 Å². The lowest BCUT2D eigenvalue weighted by Gasteiger charge is -1.93. The van der Waals surface area contributed by atoms with Crippen LogP contribution < -0.4 is 4.57 Å². The van der Waals surface area contributed by atoms with E-state index in [0.29, 0.717) is 0 Å². The number of pyridine rings is 1. The summed E-state index contributed by atoms with van der Waals surface area (Å²) in [6.07, 6.45) is 4.06. The molecule has 62 valence electrons. The van der Waals surface area contributed by atoms with Crippen molar-refractivity contribution in [3.63, 3.8) is 0 Å². The number of hydrogen-bond acceptors (Lipinski definition) is 1. The number of rotatable bonds is 0. The zero-order valence-corrected chi connectivity index (χ0v) is 7.57. The smallest absolute Gasteiger partial charge is 0.196 e. The third-order valence-electron chi connectivity index (χ3n) is 2.18. The summed E-state index contributed by atoms with van der Waals surface area (Å²) >= 11 is 0. The fraction of sp³-hybridized carbons (Fsp3) is 0.333. The third-order valence-corrected chi connectivity index (χ3v) is 2.18. The summed E-state index contributed by atoms with van der Waals surface area (Å²) in [7, 11) is 4.04. The van der Waals surface area contributed by atoms with Crippen molar-refractivity contribution in [2.75, 3.05) is 0 Å². The molecule has 3 nitrogen and oxygen atoms in total. The number of nitrogens with zero attached hydrogens (tertiary/aromatic N) is 3. The highest BCUT2D eigenvalue weighted by Crippen LogP contribution is 2.10. The first-order chi connectivity index (χ1) is 5.68. The standard InChI is InChI=1S/C9H12N3/c1-7-10-8-6-11(2)5-4-9(8)12(7)3/h4-6H,1-3H3/q+1. The molecule has 0 radical (unpaired) electrons. The first-order valence-corrected chi connectivity index (χ1v) is 3.97. The normalized spacial score (nSPS) is 10.9. The number of fused-ring (bicyclic) bond motifs is 1. The lowest BCUT2D eigenvalue weighted by molar-refractivity contribution is -0.670. The maximum atomic E-state index is 4.42. The van der Waals surface area contributed by atoms with Crippen molar-refractivity contribution in [2.45, 2.75) is 6.92 Å². The Kier molecular flexibility index (Phi) is 1.40. The molecule has 0 fully saturated rings. The van der Waals surface area contributed by atoms with Gasteiger partial charge in [0, 0.05) is 13.1 Å². The Hall–Kier alpha value is -1.38. The van der Waals surface area contributed by atoms with Gasteiger partial charge in [-0.15, -0.1) is 0 Å². The van der Waals surface area contributed by atoms with Gasteiger partial charge < -0.3 is 4.57 Å². The van der Waals surface area contributed by atoms with Gasteiger partial charge >= 0.3 is 0 Å². The van der Waals surface area contributed by atoms with Gasteiger partial charge in [0.25, 0.3) is 0 Å². The van der Waals surface area contributed by atoms with Crippen LogP contribution in [0.3, 0.4) is 0 Å². The van der Waals surface area contributed by atoms with Gasteiger partial charge in [0.15, 0.2) is 17.9 Å². The lowest BCUT2D eigenvalue weighted by Crippen LogP contribution is -2.25. The average Bonchev–Trinajstić information content (AvgIpc) is 2.28. The molecule has 0 saturated carbocycles. The summed E-state index contributed by atoms with van der Waals surface area (Å²) in [6.45, 7) is 2.01. The van der Waals surface area contributed by atoms with Crippen LogP contribution in [-0.4, -0.2) is 9.55 Å². The van der Waals surface area contributed by atoms with E-state index in [1.807, 2.05) is 38.0 Å². The van der Waals surface area contributed by atoms with Gasteiger partial charge in [0.1, 0.15) is 12.9 Å². The monoisotopic (exact) mass is 162 g/mol. The van der Waals surface area contributed by atoms with Crippen LogP contribution in [0, 0.1) is 6.92 Å². The fourth-order valence-electron chi connectivity index (χ4n) is 1.37. The topological polar surface area (TPSA) is 21.7 Å². The minimum absolute atomic E-state index is 1.05. The van der Waals surface area contributed by atoms with Crippen LogP contribution in [0.2, 0.25) is 0 Å². The number of aromatic nitrogens is 3. The Labute approximate surface area is 71.3 Å². The van der Waals surface area contributed by atoms with E-state index in [1.54, 1.807) is 0 Å². The molecule has 0 N–H and O–H groups in total. The summed E-state index contributed by atoms with van der Waals surface area (Å²) in [5.74, 6) is 1.05. The minimum atomic E-state index is 1.05. The van der Waals surface area contributed by atoms with Crippen LogP contribution in [0.15, 0.2) is 18.5 Å². The lowest BCUT2D eigenvalue weighted by atomic mass is 10.4. The Bertz CT molecular complexity index is 429. The molecule has 2 rings (SSSR count). The summed E-state index contributed by atoms with van der Waals surface area (Å²) in [5, 5.41) is 0. The zero-order chi connectivity index (χ0) is 8.72. The predicted octanol–water partition coefficient (Wildman–Crippen LogP) is 0.706. The largest absolute Gasteiger partial charge is 0.331 e. The van der Waals surface area contributed by atoms with Gasteiger partial charge in [-0.2, -0.15) is 0 Å². The molecule has 2 aromatic heterocycles. The molecule has 0 aliphatic carbocycles. The molecule has 0 aliphatic rings. The highest BCUT2D eigenvalue weighted by atomic mass is 15.1. The first-order valence-electron chi connectivity index (χ1n) is 3.97. The van der Waals surface area contributed by atoms with Gasteiger partial charge in [0.05, 0.1) is 5.52 Å². The summed E-state index contributed by atoms with van der Waals surface area (Å²) in [5.41, 5.74) is 2.24. The number of aryl methyl sites for hydroxylation is 3. The molecule has 12 heavy (non-hydrogen) atoms. The van der Waals surface area contributed by atoms with E-state index in [4.69, 9.17) is 0 Å². The van der Waals surface area contributed by atoms with E-state index >= 15 is 0 Å². The van der Waals surface area contributed by atoms with Crippen molar-refractivity contribution in [1.29, 1.82) is 0 Å². The van der Waals surface area contributed by atoms with E-state index in [2.05, 4.69) is 15.6 Å². The molecule has 0 saturated heterocycles. The highest BCUT2D eigenvalue weighted by molar-refractivity contribution is 5.73. The molecule has 0 atom stereocenters. The van der Waals surface area contributed by atoms with Gasteiger partial charge in [-0.05, 0) is 6.92 Å². The van der Waals surface area contributed by atoms with E-state index in [1.165, 1.54) is 5.52 Å². The van der Waals surface area contributed by atoms with Gasteiger partial charge in [-0.3, -0.25) is 0 Å². The highest BCUT2D eigenvalue weighted by Gasteiger charge is 2.05. The van der Waals surface area contributed by atoms with Gasteiger partial charge in [0.2, 0.25) is 0 Å². The second-order valence-corrected chi connectivity index (χ2v) is 3.10.